The van der Waals surface area contributed by atoms with Crippen LogP contribution in [0.5, 0.6) is 0 Å². The highest BCUT2D eigenvalue weighted by Gasteiger charge is 2.66. The van der Waals surface area contributed by atoms with Crippen molar-refractivity contribution in [1.29, 1.82) is 0 Å². The van der Waals surface area contributed by atoms with Crippen molar-refractivity contribution >= 4 is 29.9 Å². The first kappa shape index (κ1) is 18.0. The molecule has 2 saturated carbocycles. The van der Waals surface area contributed by atoms with Gasteiger partial charge in [0.15, 0.2) is 5.96 Å². The Morgan fingerprint density at radius 1 is 1.33 bits per heavy atom. The van der Waals surface area contributed by atoms with E-state index in [9.17, 15) is 0 Å². The minimum absolute atomic E-state index is 0. The summed E-state index contributed by atoms with van der Waals surface area (Å²) in [4.78, 5) is 4.78. The number of nitrogens with one attached hydrogen (secondary N) is 2. The van der Waals surface area contributed by atoms with E-state index in [1.807, 2.05) is 0 Å². The zero-order valence-corrected chi connectivity index (χ0v) is 16.7. The highest BCUT2D eigenvalue weighted by atomic mass is 127. The van der Waals surface area contributed by atoms with Crippen molar-refractivity contribution in [3.05, 3.63) is 24.5 Å². The Bertz CT molecular complexity index is 555. The Morgan fingerprint density at radius 3 is 2.79 bits per heavy atom. The van der Waals surface area contributed by atoms with Crippen molar-refractivity contribution < 1.29 is 4.74 Å². The second-order valence-corrected chi connectivity index (χ2v) is 7.13. The van der Waals surface area contributed by atoms with Crippen LogP contribution in [0.1, 0.15) is 32.6 Å². The summed E-state index contributed by atoms with van der Waals surface area (Å²) < 4.78 is 8.18. The topological polar surface area (TPSA) is 50.6 Å². The third-order valence-corrected chi connectivity index (χ3v) is 5.97. The van der Waals surface area contributed by atoms with Crippen LogP contribution in [0.4, 0.5) is 0 Å². The van der Waals surface area contributed by atoms with Crippen molar-refractivity contribution in [3.63, 3.8) is 0 Å². The molecule has 24 heavy (non-hydrogen) atoms. The monoisotopic (exact) mass is 444 g/mol. The molecule has 134 valence electrons. The van der Waals surface area contributed by atoms with Crippen LogP contribution in [-0.4, -0.2) is 42.4 Å². The zero-order chi connectivity index (χ0) is 15.7. The van der Waals surface area contributed by atoms with Gasteiger partial charge in [0.2, 0.25) is 0 Å². The lowest BCUT2D eigenvalue weighted by atomic mass is 9.46. The summed E-state index contributed by atoms with van der Waals surface area (Å²) in [7, 11) is 0. The summed E-state index contributed by atoms with van der Waals surface area (Å²) >= 11 is 0. The zero-order valence-electron chi connectivity index (χ0n) is 14.4. The molecule has 3 fully saturated rings. The number of hydrogen-bond donors (Lipinski definition) is 2. The van der Waals surface area contributed by atoms with Crippen LogP contribution in [0.15, 0.2) is 29.5 Å². The highest BCUT2D eigenvalue weighted by molar-refractivity contribution is 14.0. The number of guanidine groups is 1. The van der Waals surface area contributed by atoms with Crippen LogP contribution >= 0.6 is 24.0 Å². The average molecular weight is 444 g/mol. The molecule has 0 radical (unpaired) electrons. The fraction of sp³-hybridized carbons (Fsp3) is 0.722. The third-order valence-electron chi connectivity index (χ3n) is 5.97. The quantitative estimate of drug-likeness (QED) is 0.417. The second kappa shape index (κ2) is 7.64. The molecule has 4 rings (SSSR count). The molecule has 0 amide bonds. The van der Waals surface area contributed by atoms with Gasteiger partial charge < -0.3 is 19.9 Å². The molecule has 5 nitrogen and oxygen atoms in total. The van der Waals surface area contributed by atoms with Gasteiger partial charge in [0.1, 0.15) is 0 Å². The molecule has 0 bridgehead atoms. The average Bonchev–Trinajstić information content (AvgIpc) is 3.13. The smallest absolute Gasteiger partial charge is 0.191 e. The number of nitrogens with zero attached hydrogens (tertiary/aromatic N) is 2. The normalized spacial score (nSPS) is 30.0. The predicted molar refractivity (Wildman–Crippen MR) is 107 cm³/mol. The van der Waals surface area contributed by atoms with Crippen LogP contribution in [0.2, 0.25) is 0 Å². The molecule has 6 heteroatoms. The maximum absolute atomic E-state index is 6.01. The Kier molecular flexibility index (Phi) is 5.74. The molecule has 2 heterocycles. The van der Waals surface area contributed by atoms with E-state index in [4.69, 9.17) is 9.73 Å². The van der Waals surface area contributed by atoms with Crippen LogP contribution in [0.25, 0.3) is 0 Å². The summed E-state index contributed by atoms with van der Waals surface area (Å²) in [6.07, 6.45) is 9.87. The van der Waals surface area contributed by atoms with E-state index in [-0.39, 0.29) is 24.0 Å². The molecule has 3 unspecified atom stereocenters. The van der Waals surface area contributed by atoms with Crippen molar-refractivity contribution in [2.24, 2.45) is 16.3 Å². The lowest BCUT2D eigenvalue weighted by molar-refractivity contribution is -0.171. The molecule has 1 aliphatic heterocycles. The Labute approximate surface area is 161 Å². The van der Waals surface area contributed by atoms with Gasteiger partial charge in [-0.3, -0.25) is 4.99 Å². The molecule has 2 N–H and O–H groups in total. The first-order valence-electron chi connectivity index (χ1n) is 9.11. The molecule has 1 aromatic heterocycles. The van der Waals surface area contributed by atoms with Crippen LogP contribution in [-0.2, 0) is 11.3 Å². The van der Waals surface area contributed by atoms with E-state index in [0.717, 1.165) is 32.2 Å². The summed E-state index contributed by atoms with van der Waals surface area (Å²) in [5, 5.41) is 7.16. The Morgan fingerprint density at radius 2 is 2.12 bits per heavy atom. The summed E-state index contributed by atoms with van der Waals surface area (Å²) in [5.74, 6) is 1.66. The SMILES string of the molecule is CCNC(=NCCn1cccc1)NC1C2CCOC2C12CCC2.I. The minimum Gasteiger partial charge on any atom is -0.377 e. The number of hydrogen-bond acceptors (Lipinski definition) is 2. The van der Waals surface area contributed by atoms with Crippen molar-refractivity contribution in [3.8, 4) is 0 Å². The van der Waals surface area contributed by atoms with Gasteiger partial charge in [-0.2, -0.15) is 0 Å². The fourth-order valence-corrected chi connectivity index (χ4v) is 4.72. The lowest BCUT2D eigenvalue weighted by Crippen LogP contribution is -2.72. The lowest BCUT2D eigenvalue weighted by Gasteiger charge is -2.63. The highest BCUT2D eigenvalue weighted by Crippen LogP contribution is 2.62. The van der Waals surface area contributed by atoms with Gasteiger partial charge in [0.05, 0.1) is 12.6 Å². The predicted octanol–water partition coefficient (Wildman–Crippen LogP) is 2.62. The summed E-state index contributed by atoms with van der Waals surface area (Å²) in [5.41, 5.74) is 0.401. The van der Waals surface area contributed by atoms with E-state index in [2.05, 4.69) is 46.7 Å². The summed E-state index contributed by atoms with van der Waals surface area (Å²) in [6.45, 7) is 5.70. The van der Waals surface area contributed by atoms with Gasteiger partial charge in [-0.15, -0.1) is 24.0 Å². The Balaban J connectivity index is 0.00000169. The van der Waals surface area contributed by atoms with Crippen LogP contribution in [0.3, 0.4) is 0 Å². The Hall–Kier alpha value is -0.760. The molecule has 2 aliphatic carbocycles. The summed E-state index contributed by atoms with van der Waals surface area (Å²) in [6, 6.07) is 4.66. The van der Waals surface area contributed by atoms with Crippen molar-refractivity contribution in [2.75, 3.05) is 19.7 Å². The minimum atomic E-state index is 0. The maximum atomic E-state index is 6.01. The maximum Gasteiger partial charge on any atom is 0.191 e. The van der Waals surface area contributed by atoms with Crippen molar-refractivity contribution in [1.82, 2.24) is 15.2 Å². The van der Waals surface area contributed by atoms with Gasteiger partial charge in [0, 0.05) is 49.5 Å². The van der Waals surface area contributed by atoms with Gasteiger partial charge in [-0.05, 0) is 38.3 Å². The van der Waals surface area contributed by atoms with Crippen LogP contribution < -0.4 is 10.6 Å². The van der Waals surface area contributed by atoms with Gasteiger partial charge in [-0.1, -0.05) is 6.42 Å². The number of aliphatic imine (C=N–C) groups is 1. The van der Waals surface area contributed by atoms with E-state index in [0.29, 0.717) is 23.5 Å². The third kappa shape index (κ3) is 3.07. The molecular weight excluding hydrogens is 415 g/mol. The standard InChI is InChI=1S/C18H28N4O.HI/c1-2-19-17(20-9-12-22-10-3-4-11-22)21-15-14-6-13-23-16(14)18(15)7-5-8-18;/h3-4,10-11,14-16H,2,5-9,12-13H2,1H3,(H2,19,20,21);1H. The van der Waals surface area contributed by atoms with Gasteiger partial charge in [-0.25, -0.2) is 0 Å². The van der Waals surface area contributed by atoms with E-state index in [1.165, 1.54) is 25.7 Å². The number of halogens is 1. The van der Waals surface area contributed by atoms with Gasteiger partial charge in [0.25, 0.3) is 0 Å². The number of aromatic nitrogens is 1. The second-order valence-electron chi connectivity index (χ2n) is 7.13. The largest absolute Gasteiger partial charge is 0.377 e. The molecular formula is C18H29IN4O. The molecule has 3 atom stereocenters. The first-order valence-corrected chi connectivity index (χ1v) is 9.11. The molecule has 3 aliphatic rings. The fourth-order valence-electron chi connectivity index (χ4n) is 4.72. The van der Waals surface area contributed by atoms with Crippen LogP contribution in [0, 0.1) is 11.3 Å². The number of ether oxygens (including phenoxy) is 1. The van der Waals surface area contributed by atoms with Gasteiger partial charge >= 0.3 is 0 Å². The molecule has 1 aromatic rings. The molecule has 1 spiro atoms. The molecule has 1 saturated heterocycles. The molecule has 0 aromatic carbocycles. The number of rotatable bonds is 5. The van der Waals surface area contributed by atoms with E-state index < -0.39 is 0 Å². The van der Waals surface area contributed by atoms with E-state index in [1.54, 1.807) is 0 Å². The first-order chi connectivity index (χ1) is 11.3. The van der Waals surface area contributed by atoms with Crippen molar-refractivity contribution in [2.45, 2.75) is 51.3 Å². The van der Waals surface area contributed by atoms with E-state index >= 15 is 0 Å². The number of fused-ring (bicyclic) bond motifs is 2.